The number of rotatable bonds is 1. The molecule has 0 amide bonds. The summed E-state index contributed by atoms with van der Waals surface area (Å²) in [5, 5.41) is 10.0. The summed E-state index contributed by atoms with van der Waals surface area (Å²) in [6.07, 6.45) is 1.12. The van der Waals surface area contributed by atoms with Crippen LogP contribution < -0.4 is 5.73 Å². The number of nitrogens with two attached hydrogens (primary N) is 1. The molecule has 2 N–H and O–H groups in total. The second-order valence-corrected chi connectivity index (χ2v) is 2.61. The van der Waals surface area contributed by atoms with Gasteiger partial charge in [0.15, 0.2) is 0 Å². The van der Waals surface area contributed by atoms with Gasteiger partial charge in [-0.15, -0.1) is 0 Å². The van der Waals surface area contributed by atoms with Gasteiger partial charge in [0.25, 0.3) is 5.69 Å². The van der Waals surface area contributed by atoms with Gasteiger partial charge in [0.2, 0.25) is 0 Å². The number of nitro groups is 1. The van der Waals surface area contributed by atoms with Crippen molar-refractivity contribution in [1.82, 2.24) is 4.98 Å². The van der Waals surface area contributed by atoms with Gasteiger partial charge in [-0.1, -0.05) is 0 Å². The van der Waals surface area contributed by atoms with Gasteiger partial charge in [0, 0.05) is 6.07 Å². The van der Waals surface area contributed by atoms with Crippen LogP contribution in [0.1, 0.15) is 13.8 Å². The molecule has 0 aromatic carbocycles. The Morgan fingerprint density at radius 3 is 2.29 bits per heavy atom. The molecule has 0 bridgehead atoms. The van der Waals surface area contributed by atoms with Crippen molar-refractivity contribution in [3.05, 3.63) is 28.4 Å². The Hall–Kier alpha value is -1.98. The molecule has 0 radical (unpaired) electrons. The summed E-state index contributed by atoms with van der Waals surface area (Å²) in [6, 6.07) is 2.69. The van der Waals surface area contributed by atoms with Crippen molar-refractivity contribution < 1.29 is 9.72 Å². The van der Waals surface area contributed by atoms with Gasteiger partial charge in [-0.25, -0.2) is 4.98 Å². The highest BCUT2D eigenvalue weighted by molar-refractivity contribution is 5.72. The average molecular weight is 197 g/mol. The Kier molecular flexibility index (Phi) is 4.83. The van der Waals surface area contributed by atoms with E-state index in [-0.39, 0.29) is 17.3 Å². The molecule has 1 heterocycles. The SMILES string of the molecule is CC(C)=O.Nc1ccc([N+](=O)[O-])cn1. The molecule has 0 saturated heterocycles. The van der Waals surface area contributed by atoms with Crippen molar-refractivity contribution in [2.45, 2.75) is 13.8 Å². The first-order chi connectivity index (χ1) is 6.43. The summed E-state index contributed by atoms with van der Waals surface area (Å²) in [5.41, 5.74) is 5.15. The van der Waals surface area contributed by atoms with E-state index in [2.05, 4.69) is 4.98 Å². The highest BCUT2D eigenvalue weighted by Crippen LogP contribution is 2.08. The quantitative estimate of drug-likeness (QED) is 0.538. The molecule has 0 spiro atoms. The largest absolute Gasteiger partial charge is 0.384 e. The summed E-state index contributed by atoms with van der Waals surface area (Å²) < 4.78 is 0. The number of nitrogen functional groups attached to an aromatic ring is 1. The van der Waals surface area contributed by atoms with E-state index in [1.165, 1.54) is 26.0 Å². The lowest BCUT2D eigenvalue weighted by Gasteiger charge is -1.89. The maximum absolute atomic E-state index is 10.0. The number of nitrogens with zero attached hydrogens (tertiary/aromatic N) is 2. The number of carbonyl (C=O) groups is 1. The van der Waals surface area contributed by atoms with Gasteiger partial charge < -0.3 is 10.5 Å². The van der Waals surface area contributed by atoms with E-state index in [1.807, 2.05) is 0 Å². The fourth-order valence-corrected chi connectivity index (χ4v) is 0.505. The average Bonchev–Trinajstić information content (AvgIpc) is 2.03. The molecule has 6 nitrogen and oxygen atoms in total. The van der Waals surface area contributed by atoms with Crippen LogP contribution in [0.5, 0.6) is 0 Å². The van der Waals surface area contributed by atoms with Gasteiger partial charge >= 0.3 is 0 Å². The standard InChI is InChI=1S/C5H5N3O2.C3H6O/c6-5-2-1-4(3-7-5)8(9)10;1-3(2)4/h1-3H,(H2,6,7);1-2H3. The van der Waals surface area contributed by atoms with Crippen LogP contribution in [0.3, 0.4) is 0 Å². The molecule has 0 aliphatic heterocycles. The first kappa shape index (κ1) is 12.0. The molecule has 1 rings (SSSR count). The third-order valence-corrected chi connectivity index (χ3v) is 0.982. The van der Waals surface area contributed by atoms with Crippen LogP contribution in [0, 0.1) is 10.1 Å². The lowest BCUT2D eigenvalue weighted by atomic mass is 10.4. The molecule has 0 aliphatic rings. The molecule has 0 aliphatic carbocycles. The highest BCUT2D eigenvalue weighted by atomic mass is 16.6. The number of ketones is 1. The van der Waals surface area contributed by atoms with E-state index in [0.717, 1.165) is 6.20 Å². The Morgan fingerprint density at radius 1 is 1.50 bits per heavy atom. The molecule has 0 saturated carbocycles. The lowest BCUT2D eigenvalue weighted by molar-refractivity contribution is -0.385. The Labute approximate surface area is 80.9 Å². The first-order valence-electron chi connectivity index (χ1n) is 3.76. The molecular weight excluding hydrogens is 186 g/mol. The smallest absolute Gasteiger partial charge is 0.287 e. The van der Waals surface area contributed by atoms with Crippen molar-refractivity contribution in [3.63, 3.8) is 0 Å². The molecule has 1 aromatic heterocycles. The molecule has 14 heavy (non-hydrogen) atoms. The number of hydrogen-bond acceptors (Lipinski definition) is 5. The number of Topliss-reactive ketones (excluding diaryl/α,β-unsaturated/α-hetero) is 1. The van der Waals surface area contributed by atoms with Crippen molar-refractivity contribution in [2.75, 3.05) is 5.73 Å². The molecule has 1 aromatic rings. The molecule has 0 atom stereocenters. The maximum Gasteiger partial charge on any atom is 0.287 e. The van der Waals surface area contributed by atoms with Crippen LogP contribution in [0.25, 0.3) is 0 Å². The second kappa shape index (κ2) is 5.63. The summed E-state index contributed by atoms with van der Waals surface area (Å²) in [4.78, 5) is 22.5. The minimum absolute atomic E-state index is 0.0470. The van der Waals surface area contributed by atoms with Gasteiger partial charge in [-0.2, -0.15) is 0 Å². The third kappa shape index (κ3) is 5.64. The van der Waals surface area contributed by atoms with E-state index in [9.17, 15) is 14.9 Å². The van der Waals surface area contributed by atoms with Gasteiger partial charge in [0.05, 0.1) is 4.92 Å². The van der Waals surface area contributed by atoms with Crippen molar-refractivity contribution in [3.8, 4) is 0 Å². The Morgan fingerprint density at radius 2 is 2.00 bits per heavy atom. The lowest BCUT2D eigenvalue weighted by Crippen LogP contribution is -1.92. The minimum atomic E-state index is -0.521. The molecule has 76 valence electrons. The third-order valence-electron chi connectivity index (χ3n) is 0.982. The minimum Gasteiger partial charge on any atom is -0.384 e. The van der Waals surface area contributed by atoms with Crippen molar-refractivity contribution >= 4 is 17.3 Å². The summed E-state index contributed by atoms with van der Waals surface area (Å²) in [7, 11) is 0. The van der Waals surface area contributed by atoms with Crippen molar-refractivity contribution in [1.29, 1.82) is 0 Å². The Balaban J connectivity index is 0.000000364. The van der Waals surface area contributed by atoms with Gasteiger partial charge in [0.1, 0.15) is 17.8 Å². The van der Waals surface area contributed by atoms with Crippen LogP contribution >= 0.6 is 0 Å². The van der Waals surface area contributed by atoms with E-state index in [4.69, 9.17) is 5.73 Å². The fraction of sp³-hybridized carbons (Fsp3) is 0.250. The molecule has 6 heteroatoms. The summed E-state index contributed by atoms with van der Waals surface area (Å²) in [6.45, 7) is 3.06. The highest BCUT2D eigenvalue weighted by Gasteiger charge is 2.02. The number of hydrogen-bond donors (Lipinski definition) is 1. The topological polar surface area (TPSA) is 99.1 Å². The summed E-state index contributed by atoms with van der Waals surface area (Å²) >= 11 is 0. The number of anilines is 1. The van der Waals surface area contributed by atoms with Crippen LogP contribution in [0.4, 0.5) is 11.5 Å². The monoisotopic (exact) mass is 197 g/mol. The zero-order valence-electron chi connectivity index (χ0n) is 7.93. The predicted octanol–water partition coefficient (Wildman–Crippen LogP) is 1.17. The summed E-state index contributed by atoms with van der Waals surface area (Å²) in [5.74, 6) is 0.450. The van der Waals surface area contributed by atoms with Crippen LogP contribution in [-0.2, 0) is 4.79 Å². The van der Waals surface area contributed by atoms with Crippen LogP contribution in [0.2, 0.25) is 0 Å². The second-order valence-electron chi connectivity index (χ2n) is 2.61. The zero-order chi connectivity index (χ0) is 11.1. The number of pyridine rings is 1. The van der Waals surface area contributed by atoms with E-state index in [1.54, 1.807) is 0 Å². The van der Waals surface area contributed by atoms with Gasteiger partial charge in [-0.3, -0.25) is 10.1 Å². The number of aromatic nitrogens is 1. The normalized spacial score (nSPS) is 8.43. The number of carbonyl (C=O) groups excluding carboxylic acids is 1. The molecule has 0 unspecified atom stereocenters. The van der Waals surface area contributed by atoms with Crippen LogP contribution in [0.15, 0.2) is 18.3 Å². The zero-order valence-corrected chi connectivity index (χ0v) is 7.93. The van der Waals surface area contributed by atoms with Crippen LogP contribution in [-0.4, -0.2) is 15.7 Å². The molecule has 0 fully saturated rings. The first-order valence-corrected chi connectivity index (χ1v) is 3.76. The fourth-order valence-electron chi connectivity index (χ4n) is 0.505. The van der Waals surface area contributed by atoms with E-state index < -0.39 is 4.92 Å². The Bertz CT molecular complexity index is 317. The van der Waals surface area contributed by atoms with E-state index in [0.29, 0.717) is 0 Å². The maximum atomic E-state index is 10.0. The van der Waals surface area contributed by atoms with Crippen molar-refractivity contribution in [2.24, 2.45) is 0 Å². The van der Waals surface area contributed by atoms with Gasteiger partial charge in [-0.05, 0) is 19.9 Å². The van der Waals surface area contributed by atoms with E-state index >= 15 is 0 Å². The molecular formula is C8H11N3O3. The predicted molar refractivity (Wildman–Crippen MR) is 51.7 cm³/mol.